The highest BCUT2D eigenvalue weighted by atomic mass is 32.1. The lowest BCUT2D eigenvalue weighted by Gasteiger charge is -2.19. The van der Waals surface area contributed by atoms with Crippen LogP contribution in [0.5, 0.6) is 0 Å². The number of fused-ring (bicyclic) bond motifs is 1. The average molecular weight is 299 g/mol. The summed E-state index contributed by atoms with van der Waals surface area (Å²) < 4.78 is 1.97. The number of hydrogen-bond donors (Lipinski definition) is 0. The van der Waals surface area contributed by atoms with Crippen molar-refractivity contribution in [1.82, 2.24) is 14.3 Å². The van der Waals surface area contributed by atoms with Crippen LogP contribution in [0.2, 0.25) is 0 Å². The maximum Gasteiger partial charge on any atom is 0.274 e. The molecule has 0 N–H and O–H groups in total. The number of aryl methyl sites for hydroxylation is 1. The first-order valence-corrected chi connectivity index (χ1v) is 7.83. The number of carbonyl (C=O) groups is 1. The van der Waals surface area contributed by atoms with Crippen LogP contribution < -0.4 is 0 Å². The molecule has 0 bridgehead atoms. The van der Waals surface area contributed by atoms with E-state index in [4.69, 9.17) is 0 Å². The predicted octanol–water partition coefficient (Wildman–Crippen LogP) is 3.37. The van der Waals surface area contributed by atoms with Crippen LogP contribution in [0.1, 0.15) is 28.7 Å². The van der Waals surface area contributed by atoms with Gasteiger partial charge in [0.25, 0.3) is 5.91 Å². The molecule has 108 valence electrons. The van der Waals surface area contributed by atoms with Crippen molar-refractivity contribution < 1.29 is 4.79 Å². The first-order chi connectivity index (χ1) is 10.2. The molecule has 0 aliphatic carbocycles. The molecule has 21 heavy (non-hydrogen) atoms. The van der Waals surface area contributed by atoms with Crippen molar-refractivity contribution in [3.8, 4) is 0 Å². The van der Waals surface area contributed by atoms with Crippen LogP contribution in [0.25, 0.3) is 4.96 Å². The number of imidazole rings is 1. The fourth-order valence-electron chi connectivity index (χ4n) is 2.29. The second-order valence-electron chi connectivity index (χ2n) is 4.96. The highest BCUT2D eigenvalue weighted by Crippen LogP contribution is 2.17. The number of aromatic nitrogens is 2. The number of carbonyl (C=O) groups excluding carboxylic acids is 1. The number of amides is 1. The Morgan fingerprint density at radius 2 is 2.10 bits per heavy atom. The van der Waals surface area contributed by atoms with Gasteiger partial charge in [-0.15, -0.1) is 11.3 Å². The average Bonchev–Trinajstić information content (AvgIpc) is 3.08. The molecule has 2 aromatic heterocycles. The van der Waals surface area contributed by atoms with Gasteiger partial charge in [-0.05, 0) is 19.4 Å². The Balaban J connectivity index is 1.84. The SMILES string of the molecule is CCN(Cc1ccccc1)C(=O)c1cn2c(C)csc2n1. The largest absolute Gasteiger partial charge is 0.333 e. The Bertz CT molecular complexity index is 760. The van der Waals surface area contributed by atoms with Gasteiger partial charge in [-0.2, -0.15) is 0 Å². The Kier molecular flexibility index (Phi) is 3.75. The molecule has 0 radical (unpaired) electrons. The van der Waals surface area contributed by atoms with Crippen molar-refractivity contribution in [3.05, 3.63) is 58.9 Å². The molecule has 0 atom stereocenters. The maximum absolute atomic E-state index is 12.6. The van der Waals surface area contributed by atoms with Crippen LogP contribution in [0, 0.1) is 6.92 Å². The van der Waals surface area contributed by atoms with Gasteiger partial charge < -0.3 is 4.90 Å². The molecule has 3 aromatic rings. The highest BCUT2D eigenvalue weighted by molar-refractivity contribution is 7.15. The molecule has 0 spiro atoms. The lowest BCUT2D eigenvalue weighted by Crippen LogP contribution is -2.30. The van der Waals surface area contributed by atoms with Gasteiger partial charge in [0.1, 0.15) is 5.69 Å². The summed E-state index contributed by atoms with van der Waals surface area (Å²) in [6.45, 7) is 5.28. The Hall–Kier alpha value is -2.14. The van der Waals surface area contributed by atoms with Crippen molar-refractivity contribution >= 4 is 22.2 Å². The molecule has 0 unspecified atom stereocenters. The minimum Gasteiger partial charge on any atom is -0.333 e. The van der Waals surface area contributed by atoms with Crippen LogP contribution in [0.15, 0.2) is 41.9 Å². The predicted molar refractivity (Wildman–Crippen MR) is 84.7 cm³/mol. The second-order valence-corrected chi connectivity index (χ2v) is 5.80. The first-order valence-electron chi connectivity index (χ1n) is 6.95. The van der Waals surface area contributed by atoms with Crippen LogP contribution in [-0.2, 0) is 6.54 Å². The summed E-state index contributed by atoms with van der Waals surface area (Å²) in [7, 11) is 0. The van der Waals surface area contributed by atoms with Crippen molar-refractivity contribution in [2.75, 3.05) is 6.54 Å². The molecule has 3 rings (SSSR count). The molecule has 0 saturated carbocycles. The molecule has 0 aliphatic rings. The van der Waals surface area contributed by atoms with Gasteiger partial charge in [0, 0.05) is 30.4 Å². The van der Waals surface area contributed by atoms with Crippen LogP contribution >= 0.6 is 11.3 Å². The third kappa shape index (κ3) is 2.69. The monoisotopic (exact) mass is 299 g/mol. The Morgan fingerprint density at radius 1 is 1.33 bits per heavy atom. The number of benzene rings is 1. The molecule has 0 fully saturated rings. The fraction of sp³-hybridized carbons (Fsp3) is 0.250. The van der Waals surface area contributed by atoms with Crippen molar-refractivity contribution in [1.29, 1.82) is 0 Å². The summed E-state index contributed by atoms with van der Waals surface area (Å²) in [4.78, 5) is 19.7. The molecular weight excluding hydrogens is 282 g/mol. The number of nitrogens with zero attached hydrogens (tertiary/aromatic N) is 3. The minimum atomic E-state index is -0.0170. The van der Waals surface area contributed by atoms with Crippen molar-refractivity contribution in [2.24, 2.45) is 0 Å². The van der Waals surface area contributed by atoms with E-state index in [0.717, 1.165) is 16.2 Å². The van der Waals surface area contributed by atoms with E-state index in [-0.39, 0.29) is 5.91 Å². The van der Waals surface area contributed by atoms with Crippen LogP contribution in [0.4, 0.5) is 0 Å². The van der Waals surface area contributed by atoms with E-state index >= 15 is 0 Å². The zero-order chi connectivity index (χ0) is 14.8. The summed E-state index contributed by atoms with van der Waals surface area (Å²) in [5.74, 6) is -0.0170. The summed E-state index contributed by atoms with van der Waals surface area (Å²) in [5.41, 5.74) is 2.75. The van der Waals surface area contributed by atoms with Gasteiger partial charge in [-0.1, -0.05) is 30.3 Å². The number of rotatable bonds is 4. The minimum absolute atomic E-state index is 0.0170. The topological polar surface area (TPSA) is 37.6 Å². The zero-order valence-corrected chi connectivity index (χ0v) is 12.9. The summed E-state index contributed by atoms with van der Waals surface area (Å²) in [6, 6.07) is 10.0. The van der Waals surface area contributed by atoms with E-state index < -0.39 is 0 Å². The van der Waals surface area contributed by atoms with Gasteiger partial charge in [-0.25, -0.2) is 4.98 Å². The van der Waals surface area contributed by atoms with E-state index in [1.54, 1.807) is 11.3 Å². The van der Waals surface area contributed by atoms with Gasteiger partial charge in [0.2, 0.25) is 0 Å². The quantitative estimate of drug-likeness (QED) is 0.741. The van der Waals surface area contributed by atoms with E-state index in [9.17, 15) is 4.79 Å². The standard InChI is InChI=1S/C16H17N3OS/c1-3-18(9-13-7-5-4-6-8-13)15(20)14-10-19-12(2)11-21-16(19)17-14/h4-8,10-11H,3,9H2,1-2H3. The first kappa shape index (κ1) is 13.8. The molecular formula is C16H17N3OS. The van der Waals surface area contributed by atoms with Crippen LogP contribution in [-0.4, -0.2) is 26.7 Å². The van der Waals surface area contributed by atoms with Gasteiger partial charge in [-0.3, -0.25) is 9.20 Å². The zero-order valence-electron chi connectivity index (χ0n) is 12.1. The molecule has 5 heteroatoms. The molecule has 2 heterocycles. The van der Waals surface area contributed by atoms with Crippen LogP contribution in [0.3, 0.4) is 0 Å². The van der Waals surface area contributed by atoms with Crippen molar-refractivity contribution in [2.45, 2.75) is 20.4 Å². The molecule has 0 saturated heterocycles. The number of thiazole rings is 1. The number of hydrogen-bond acceptors (Lipinski definition) is 3. The lowest BCUT2D eigenvalue weighted by molar-refractivity contribution is 0.0747. The Labute approximate surface area is 127 Å². The molecule has 1 amide bonds. The van der Waals surface area contributed by atoms with E-state index in [0.29, 0.717) is 18.8 Å². The molecule has 4 nitrogen and oxygen atoms in total. The second kappa shape index (κ2) is 5.69. The third-order valence-corrected chi connectivity index (χ3v) is 4.45. The van der Waals surface area contributed by atoms with Gasteiger partial charge in [0.05, 0.1) is 0 Å². The van der Waals surface area contributed by atoms with Gasteiger partial charge >= 0.3 is 0 Å². The highest BCUT2D eigenvalue weighted by Gasteiger charge is 2.18. The fourth-order valence-corrected chi connectivity index (χ4v) is 3.14. The van der Waals surface area contributed by atoms with E-state index in [2.05, 4.69) is 4.98 Å². The molecule has 0 aliphatic heterocycles. The summed E-state index contributed by atoms with van der Waals surface area (Å²) in [6.07, 6.45) is 1.83. The van der Waals surface area contributed by atoms with Gasteiger partial charge in [0.15, 0.2) is 4.96 Å². The summed E-state index contributed by atoms with van der Waals surface area (Å²) in [5, 5.41) is 2.04. The van der Waals surface area contributed by atoms with E-state index in [1.807, 2.05) is 65.1 Å². The third-order valence-electron chi connectivity index (χ3n) is 3.49. The van der Waals surface area contributed by atoms with Crippen molar-refractivity contribution in [3.63, 3.8) is 0 Å². The summed E-state index contributed by atoms with van der Waals surface area (Å²) >= 11 is 1.56. The van der Waals surface area contributed by atoms with E-state index in [1.165, 1.54) is 0 Å². The smallest absolute Gasteiger partial charge is 0.274 e. The normalized spacial score (nSPS) is 11.0. The lowest BCUT2D eigenvalue weighted by atomic mass is 10.2. The maximum atomic E-state index is 12.6. The Morgan fingerprint density at radius 3 is 2.76 bits per heavy atom. The molecule has 1 aromatic carbocycles.